The number of hydrogen-bond donors (Lipinski definition) is 2. The van der Waals surface area contributed by atoms with Gasteiger partial charge in [-0.05, 0) is 36.8 Å². The van der Waals surface area contributed by atoms with Crippen LogP contribution in [0.1, 0.15) is 12.5 Å². The van der Waals surface area contributed by atoms with Gasteiger partial charge in [-0.1, -0.05) is 12.1 Å². The van der Waals surface area contributed by atoms with Crippen molar-refractivity contribution in [3.05, 3.63) is 54.4 Å². The van der Waals surface area contributed by atoms with Crippen LogP contribution in [0.3, 0.4) is 0 Å². The Kier molecular flexibility index (Phi) is 8.21. The number of aromatic nitrogens is 1. The molecule has 2 aromatic rings. The van der Waals surface area contributed by atoms with Gasteiger partial charge in [-0.2, -0.15) is 0 Å². The van der Waals surface area contributed by atoms with Gasteiger partial charge in [0, 0.05) is 39.1 Å². The van der Waals surface area contributed by atoms with E-state index in [1.807, 2.05) is 43.1 Å². The highest BCUT2D eigenvalue weighted by atomic mass is 32.2. The molecule has 0 spiro atoms. The molecular formula is C19H27N5O3S. The molecule has 9 heteroatoms. The van der Waals surface area contributed by atoms with E-state index in [1.54, 1.807) is 13.2 Å². The summed E-state index contributed by atoms with van der Waals surface area (Å²) in [6.07, 6.45) is 2.85. The second-order valence-electron chi connectivity index (χ2n) is 6.03. The maximum atomic E-state index is 12.2. The molecule has 2 N–H and O–H groups in total. The van der Waals surface area contributed by atoms with Crippen molar-refractivity contribution in [2.24, 2.45) is 4.99 Å². The predicted octanol–water partition coefficient (Wildman–Crippen LogP) is 1.47. The Bertz CT molecular complexity index is 855. The van der Waals surface area contributed by atoms with E-state index in [2.05, 4.69) is 20.0 Å². The van der Waals surface area contributed by atoms with Crippen molar-refractivity contribution in [1.82, 2.24) is 19.9 Å². The van der Waals surface area contributed by atoms with Crippen LogP contribution in [0.15, 0.2) is 58.7 Å². The highest BCUT2D eigenvalue weighted by Crippen LogP contribution is 2.12. The Morgan fingerprint density at radius 2 is 2.00 bits per heavy atom. The van der Waals surface area contributed by atoms with Crippen LogP contribution >= 0.6 is 0 Å². The number of nitrogens with one attached hydrogen (secondary N) is 2. The molecule has 0 saturated carbocycles. The largest absolute Gasteiger partial charge is 0.497 e. The summed E-state index contributed by atoms with van der Waals surface area (Å²) < 4.78 is 32.1. The molecule has 1 heterocycles. The lowest BCUT2D eigenvalue weighted by molar-refractivity contribution is 0.414. The van der Waals surface area contributed by atoms with Crippen molar-refractivity contribution >= 4 is 16.0 Å². The van der Waals surface area contributed by atoms with Crippen molar-refractivity contribution in [2.75, 3.05) is 33.8 Å². The smallest absolute Gasteiger partial charge is 0.242 e. The van der Waals surface area contributed by atoms with E-state index in [-0.39, 0.29) is 11.4 Å². The summed E-state index contributed by atoms with van der Waals surface area (Å²) in [5.74, 6) is 1.52. The van der Waals surface area contributed by atoms with Gasteiger partial charge in [-0.3, -0.25) is 9.98 Å². The molecule has 0 radical (unpaired) electrons. The number of ether oxygens (including phenoxy) is 1. The molecule has 0 saturated heterocycles. The molecule has 0 aliphatic rings. The van der Waals surface area contributed by atoms with Gasteiger partial charge in [0.1, 0.15) is 10.6 Å². The number of nitrogens with zero attached hydrogens (tertiary/aromatic N) is 3. The number of hydrogen-bond acceptors (Lipinski definition) is 5. The van der Waals surface area contributed by atoms with Crippen molar-refractivity contribution in [2.45, 2.75) is 18.4 Å². The topological polar surface area (TPSA) is 95.9 Å². The van der Waals surface area contributed by atoms with Gasteiger partial charge in [0.25, 0.3) is 0 Å². The van der Waals surface area contributed by atoms with Crippen molar-refractivity contribution in [3.8, 4) is 5.75 Å². The molecule has 0 aliphatic carbocycles. The summed E-state index contributed by atoms with van der Waals surface area (Å²) in [6.45, 7) is 3.88. The monoisotopic (exact) mass is 405 g/mol. The SMILES string of the molecule is CCNC(=NCCNS(=O)(=O)c1cccnc1)N(C)Cc1ccc(OC)cc1. The summed E-state index contributed by atoms with van der Waals surface area (Å²) in [4.78, 5) is 10.5. The molecule has 0 bridgehead atoms. The second kappa shape index (κ2) is 10.6. The third-order valence-corrected chi connectivity index (χ3v) is 5.33. The van der Waals surface area contributed by atoms with Crippen LogP contribution < -0.4 is 14.8 Å². The zero-order chi connectivity index (χ0) is 20.4. The van der Waals surface area contributed by atoms with Gasteiger partial charge >= 0.3 is 0 Å². The first-order chi connectivity index (χ1) is 13.5. The summed E-state index contributed by atoms with van der Waals surface area (Å²) in [6, 6.07) is 10.9. The quantitative estimate of drug-likeness (QED) is 0.373. The van der Waals surface area contributed by atoms with E-state index < -0.39 is 10.0 Å². The normalized spacial score (nSPS) is 11.9. The first-order valence-electron chi connectivity index (χ1n) is 8.98. The maximum Gasteiger partial charge on any atom is 0.242 e. The Balaban J connectivity index is 1.93. The average Bonchev–Trinajstić information content (AvgIpc) is 2.71. The van der Waals surface area contributed by atoms with E-state index in [9.17, 15) is 8.42 Å². The van der Waals surface area contributed by atoms with Crippen LogP contribution in [0.4, 0.5) is 0 Å². The number of aliphatic imine (C=N–C) groups is 1. The van der Waals surface area contributed by atoms with Gasteiger partial charge in [-0.25, -0.2) is 13.1 Å². The maximum absolute atomic E-state index is 12.2. The lowest BCUT2D eigenvalue weighted by atomic mass is 10.2. The van der Waals surface area contributed by atoms with Crippen molar-refractivity contribution in [3.63, 3.8) is 0 Å². The number of pyridine rings is 1. The molecule has 1 aromatic heterocycles. The van der Waals surface area contributed by atoms with Crippen molar-refractivity contribution < 1.29 is 13.2 Å². The van der Waals surface area contributed by atoms with Crippen LogP contribution in [0.2, 0.25) is 0 Å². The van der Waals surface area contributed by atoms with Crippen LogP contribution in [0.25, 0.3) is 0 Å². The lowest BCUT2D eigenvalue weighted by Gasteiger charge is -2.22. The van der Waals surface area contributed by atoms with Gasteiger partial charge in [0.05, 0.1) is 13.7 Å². The minimum absolute atomic E-state index is 0.141. The first kappa shape index (κ1) is 21.6. The highest BCUT2D eigenvalue weighted by molar-refractivity contribution is 7.89. The lowest BCUT2D eigenvalue weighted by Crippen LogP contribution is -2.39. The standard InChI is InChI=1S/C19H27N5O3S/c1-4-21-19(24(2)15-16-7-9-17(27-3)10-8-16)22-12-13-23-28(25,26)18-6-5-11-20-14-18/h5-11,14,23H,4,12-13,15H2,1-3H3,(H,21,22). The van der Waals surface area contributed by atoms with E-state index in [0.29, 0.717) is 25.6 Å². The molecule has 0 unspecified atom stereocenters. The summed E-state index contributed by atoms with van der Waals surface area (Å²) in [5.41, 5.74) is 1.12. The van der Waals surface area contributed by atoms with E-state index in [0.717, 1.165) is 11.3 Å². The van der Waals surface area contributed by atoms with Crippen molar-refractivity contribution in [1.29, 1.82) is 0 Å². The van der Waals surface area contributed by atoms with Gasteiger partial charge < -0.3 is 15.0 Å². The van der Waals surface area contributed by atoms with Crippen LogP contribution in [-0.4, -0.2) is 58.1 Å². The van der Waals surface area contributed by atoms with E-state index in [1.165, 1.54) is 18.5 Å². The molecular weight excluding hydrogens is 378 g/mol. The fourth-order valence-electron chi connectivity index (χ4n) is 2.48. The Morgan fingerprint density at radius 1 is 1.25 bits per heavy atom. The van der Waals surface area contributed by atoms with Crippen LogP contribution in [-0.2, 0) is 16.6 Å². The van der Waals surface area contributed by atoms with Crippen LogP contribution in [0, 0.1) is 0 Å². The number of methoxy groups -OCH3 is 1. The van der Waals surface area contributed by atoms with E-state index in [4.69, 9.17) is 4.74 Å². The number of benzene rings is 1. The van der Waals surface area contributed by atoms with Gasteiger partial charge in [0.15, 0.2) is 5.96 Å². The number of sulfonamides is 1. The molecule has 0 aliphatic heterocycles. The summed E-state index contributed by atoms with van der Waals surface area (Å²) >= 11 is 0. The van der Waals surface area contributed by atoms with Gasteiger partial charge in [-0.15, -0.1) is 0 Å². The second-order valence-corrected chi connectivity index (χ2v) is 7.79. The summed E-state index contributed by atoms with van der Waals surface area (Å²) in [5, 5.41) is 3.22. The zero-order valence-electron chi connectivity index (χ0n) is 16.4. The summed E-state index contributed by atoms with van der Waals surface area (Å²) in [7, 11) is 0.000975. The molecule has 1 aromatic carbocycles. The number of rotatable bonds is 9. The highest BCUT2D eigenvalue weighted by Gasteiger charge is 2.13. The Hall–Kier alpha value is -2.65. The van der Waals surface area contributed by atoms with E-state index >= 15 is 0 Å². The minimum Gasteiger partial charge on any atom is -0.497 e. The minimum atomic E-state index is -3.57. The third-order valence-electron chi connectivity index (χ3n) is 3.89. The number of guanidine groups is 1. The predicted molar refractivity (Wildman–Crippen MR) is 110 cm³/mol. The molecule has 0 atom stereocenters. The third kappa shape index (κ3) is 6.50. The zero-order valence-corrected chi connectivity index (χ0v) is 17.2. The first-order valence-corrected chi connectivity index (χ1v) is 10.5. The average molecular weight is 406 g/mol. The molecule has 152 valence electrons. The molecule has 28 heavy (non-hydrogen) atoms. The van der Waals surface area contributed by atoms with Crippen LogP contribution in [0.5, 0.6) is 5.75 Å². The fourth-order valence-corrected chi connectivity index (χ4v) is 3.46. The van der Waals surface area contributed by atoms with Gasteiger partial charge in [0.2, 0.25) is 10.0 Å². The molecule has 0 fully saturated rings. The Labute approximate surface area is 166 Å². The Morgan fingerprint density at radius 3 is 2.61 bits per heavy atom. The molecule has 2 rings (SSSR count). The molecule has 0 amide bonds. The molecule has 8 nitrogen and oxygen atoms in total. The fraction of sp³-hybridized carbons (Fsp3) is 0.368.